The Morgan fingerprint density at radius 2 is 1.86 bits per heavy atom. The van der Waals surface area contributed by atoms with E-state index >= 15 is 0 Å². The molecule has 5 rings (SSSR count). The SMILES string of the molecule is CN(C)C(=O)c1ccc2nc(NC(=O)C[C@@H]3CCC[C@@H](NCc4ccc5ccccc5c4)C3)sc2c1. The summed E-state index contributed by atoms with van der Waals surface area (Å²) < 4.78 is 0.897. The van der Waals surface area contributed by atoms with Gasteiger partial charge >= 0.3 is 0 Å². The van der Waals surface area contributed by atoms with E-state index in [1.54, 1.807) is 25.1 Å². The zero-order valence-electron chi connectivity index (χ0n) is 20.8. The van der Waals surface area contributed by atoms with Crippen molar-refractivity contribution in [3.8, 4) is 0 Å². The summed E-state index contributed by atoms with van der Waals surface area (Å²) in [5.74, 6) is 0.335. The number of nitrogens with zero attached hydrogens (tertiary/aromatic N) is 2. The van der Waals surface area contributed by atoms with Crippen molar-refractivity contribution in [3.63, 3.8) is 0 Å². The predicted octanol–water partition coefficient (Wildman–Crippen LogP) is 5.83. The standard InChI is InChI=1S/C29H32N4O2S/c1-33(2)28(35)23-12-13-25-26(17-23)36-29(31-25)32-27(34)16-19-6-5-9-24(15-19)30-18-20-10-11-21-7-3-4-8-22(21)14-20/h3-4,7-8,10-14,17,19,24,30H,5-6,9,15-16,18H2,1-2H3,(H,31,32,34)/t19-,24-/m1/s1. The van der Waals surface area contributed by atoms with Gasteiger partial charge in [-0.2, -0.15) is 0 Å². The molecule has 4 aromatic rings. The second-order valence-electron chi connectivity index (χ2n) is 9.95. The minimum absolute atomic E-state index is 0.0128. The number of nitrogens with one attached hydrogen (secondary N) is 2. The molecule has 186 valence electrons. The second-order valence-corrected chi connectivity index (χ2v) is 11.0. The van der Waals surface area contributed by atoms with Crippen molar-refractivity contribution >= 4 is 49.3 Å². The number of amides is 2. The molecule has 1 fully saturated rings. The Balaban J connectivity index is 1.14. The number of carbonyl (C=O) groups is 2. The van der Waals surface area contributed by atoms with Crippen LogP contribution in [-0.2, 0) is 11.3 Å². The first kappa shape index (κ1) is 24.4. The molecule has 1 aliphatic carbocycles. The Morgan fingerprint density at radius 3 is 2.69 bits per heavy atom. The molecule has 0 radical (unpaired) electrons. The number of benzene rings is 3. The highest BCUT2D eigenvalue weighted by atomic mass is 32.1. The highest BCUT2D eigenvalue weighted by Gasteiger charge is 2.24. The van der Waals surface area contributed by atoms with Crippen molar-refractivity contribution in [3.05, 3.63) is 71.8 Å². The van der Waals surface area contributed by atoms with Gasteiger partial charge in [0.2, 0.25) is 5.91 Å². The van der Waals surface area contributed by atoms with Gasteiger partial charge in [-0.3, -0.25) is 9.59 Å². The Morgan fingerprint density at radius 1 is 1.03 bits per heavy atom. The van der Waals surface area contributed by atoms with Gasteiger partial charge < -0.3 is 15.5 Å². The maximum Gasteiger partial charge on any atom is 0.253 e. The first-order valence-electron chi connectivity index (χ1n) is 12.6. The lowest BCUT2D eigenvalue weighted by Crippen LogP contribution is -2.34. The molecule has 2 atom stereocenters. The number of anilines is 1. The van der Waals surface area contributed by atoms with Crippen molar-refractivity contribution in [1.29, 1.82) is 0 Å². The zero-order valence-corrected chi connectivity index (χ0v) is 21.6. The number of thiazole rings is 1. The van der Waals surface area contributed by atoms with Gasteiger partial charge in [0.25, 0.3) is 5.91 Å². The fourth-order valence-electron chi connectivity index (χ4n) is 5.07. The van der Waals surface area contributed by atoms with E-state index in [9.17, 15) is 9.59 Å². The van der Waals surface area contributed by atoms with Crippen LogP contribution in [0.15, 0.2) is 60.7 Å². The molecule has 2 amide bonds. The highest BCUT2D eigenvalue weighted by molar-refractivity contribution is 7.22. The van der Waals surface area contributed by atoms with Crippen molar-refractivity contribution in [2.75, 3.05) is 19.4 Å². The van der Waals surface area contributed by atoms with Crippen LogP contribution in [0.4, 0.5) is 5.13 Å². The molecule has 0 saturated heterocycles. The zero-order chi connectivity index (χ0) is 25.1. The topological polar surface area (TPSA) is 74.3 Å². The van der Waals surface area contributed by atoms with E-state index in [0.29, 0.717) is 29.1 Å². The smallest absolute Gasteiger partial charge is 0.253 e. The molecule has 1 aromatic heterocycles. The maximum atomic E-state index is 12.8. The van der Waals surface area contributed by atoms with E-state index in [2.05, 4.69) is 58.1 Å². The normalized spacial score (nSPS) is 17.8. The van der Waals surface area contributed by atoms with E-state index in [1.807, 2.05) is 12.1 Å². The monoisotopic (exact) mass is 500 g/mol. The van der Waals surface area contributed by atoms with Crippen LogP contribution in [0.2, 0.25) is 0 Å². The average molecular weight is 501 g/mol. The lowest BCUT2D eigenvalue weighted by molar-refractivity contribution is -0.117. The Kier molecular flexibility index (Phi) is 7.30. The van der Waals surface area contributed by atoms with Crippen LogP contribution < -0.4 is 10.6 Å². The number of fused-ring (bicyclic) bond motifs is 2. The summed E-state index contributed by atoms with van der Waals surface area (Å²) in [6.07, 6.45) is 4.89. The number of carbonyl (C=O) groups excluding carboxylic acids is 2. The fraction of sp³-hybridized carbons (Fsp3) is 0.345. The third kappa shape index (κ3) is 5.74. The van der Waals surface area contributed by atoms with Crippen molar-refractivity contribution in [2.45, 2.75) is 44.7 Å². The predicted molar refractivity (Wildman–Crippen MR) is 147 cm³/mol. The summed E-state index contributed by atoms with van der Waals surface area (Å²) in [6, 6.07) is 21.0. The van der Waals surface area contributed by atoms with Crippen LogP contribution in [0, 0.1) is 5.92 Å². The average Bonchev–Trinajstić information content (AvgIpc) is 3.28. The van der Waals surface area contributed by atoms with Gasteiger partial charge in [-0.15, -0.1) is 0 Å². The largest absolute Gasteiger partial charge is 0.345 e. The van der Waals surface area contributed by atoms with Gasteiger partial charge in [0.1, 0.15) is 0 Å². The molecule has 0 unspecified atom stereocenters. The molecule has 1 aliphatic rings. The minimum atomic E-state index is -0.0445. The summed E-state index contributed by atoms with van der Waals surface area (Å²) in [5.41, 5.74) is 2.71. The summed E-state index contributed by atoms with van der Waals surface area (Å²) in [5, 5.41) is 9.84. The summed E-state index contributed by atoms with van der Waals surface area (Å²) >= 11 is 1.41. The van der Waals surface area contributed by atoms with Gasteiger partial charge in [0.15, 0.2) is 5.13 Å². The van der Waals surface area contributed by atoms with Crippen LogP contribution in [0.5, 0.6) is 0 Å². The summed E-state index contributed by atoms with van der Waals surface area (Å²) in [6.45, 7) is 0.846. The quantitative estimate of drug-likeness (QED) is 0.335. The molecule has 6 nitrogen and oxygen atoms in total. The Hall–Kier alpha value is -3.29. The molecular weight excluding hydrogens is 468 g/mol. The maximum absolute atomic E-state index is 12.8. The highest BCUT2D eigenvalue weighted by Crippen LogP contribution is 2.30. The molecule has 2 N–H and O–H groups in total. The Bertz CT molecular complexity index is 1400. The van der Waals surface area contributed by atoms with Gasteiger partial charge in [-0.25, -0.2) is 4.98 Å². The third-order valence-electron chi connectivity index (χ3n) is 6.95. The van der Waals surface area contributed by atoms with Gasteiger partial charge in [-0.1, -0.05) is 54.2 Å². The van der Waals surface area contributed by atoms with Gasteiger partial charge in [0.05, 0.1) is 10.2 Å². The van der Waals surface area contributed by atoms with E-state index in [1.165, 1.54) is 27.7 Å². The van der Waals surface area contributed by atoms with E-state index < -0.39 is 0 Å². The minimum Gasteiger partial charge on any atom is -0.345 e. The molecule has 1 saturated carbocycles. The number of hydrogen-bond acceptors (Lipinski definition) is 5. The van der Waals surface area contributed by atoms with Crippen LogP contribution in [0.1, 0.15) is 48.0 Å². The molecule has 36 heavy (non-hydrogen) atoms. The summed E-state index contributed by atoms with van der Waals surface area (Å²) in [7, 11) is 3.47. The molecule has 3 aromatic carbocycles. The number of aromatic nitrogens is 1. The second kappa shape index (κ2) is 10.8. The fourth-order valence-corrected chi connectivity index (χ4v) is 6.00. The molecular formula is C29H32N4O2S. The molecule has 0 bridgehead atoms. The van der Waals surface area contributed by atoms with E-state index in [-0.39, 0.29) is 11.8 Å². The van der Waals surface area contributed by atoms with Crippen molar-refractivity contribution in [2.24, 2.45) is 5.92 Å². The molecule has 0 spiro atoms. The van der Waals surface area contributed by atoms with Crippen LogP contribution in [-0.4, -0.2) is 41.8 Å². The lowest BCUT2D eigenvalue weighted by atomic mass is 9.83. The van der Waals surface area contributed by atoms with Crippen molar-refractivity contribution < 1.29 is 9.59 Å². The first-order valence-corrected chi connectivity index (χ1v) is 13.4. The molecule has 1 heterocycles. The number of hydrogen-bond donors (Lipinski definition) is 2. The first-order chi connectivity index (χ1) is 17.4. The van der Waals surface area contributed by atoms with Crippen molar-refractivity contribution in [1.82, 2.24) is 15.2 Å². The van der Waals surface area contributed by atoms with E-state index in [0.717, 1.165) is 42.4 Å². The third-order valence-corrected chi connectivity index (χ3v) is 7.89. The van der Waals surface area contributed by atoms with Crippen LogP contribution >= 0.6 is 11.3 Å². The summed E-state index contributed by atoms with van der Waals surface area (Å²) in [4.78, 5) is 31.1. The number of rotatable bonds is 7. The van der Waals surface area contributed by atoms with E-state index in [4.69, 9.17) is 0 Å². The van der Waals surface area contributed by atoms with Gasteiger partial charge in [0, 0.05) is 38.7 Å². The molecule has 7 heteroatoms. The van der Waals surface area contributed by atoms with Crippen LogP contribution in [0.25, 0.3) is 21.0 Å². The Labute approximate surface area is 215 Å². The van der Waals surface area contributed by atoms with Gasteiger partial charge in [-0.05, 0) is 65.8 Å². The lowest BCUT2D eigenvalue weighted by Gasteiger charge is -2.29. The molecule has 0 aliphatic heterocycles. The van der Waals surface area contributed by atoms with Crippen LogP contribution in [0.3, 0.4) is 0 Å².